The number of nitrogens with one attached hydrogen (secondary N) is 1. The summed E-state index contributed by atoms with van der Waals surface area (Å²) in [4.78, 5) is 24.5. The molecule has 0 aliphatic carbocycles. The first kappa shape index (κ1) is 83.3. The molecule has 0 aromatic carbocycles. The molecule has 0 aliphatic rings. The van der Waals surface area contributed by atoms with E-state index in [1.165, 1.54) is 372 Å². The number of ether oxygens (including phenoxy) is 1. The Bertz CT molecular complexity index is 1330. The van der Waals surface area contributed by atoms with Crippen LogP contribution in [0.25, 0.3) is 0 Å². The first-order chi connectivity index (χ1) is 42.0. The smallest absolute Gasteiger partial charge is 0.305 e. The lowest BCUT2D eigenvalue weighted by molar-refractivity contribution is -0.143. The molecule has 2 atom stereocenters. The topological polar surface area (TPSA) is 95.9 Å². The van der Waals surface area contributed by atoms with Gasteiger partial charge in [0.25, 0.3) is 0 Å². The third kappa shape index (κ3) is 71.3. The van der Waals surface area contributed by atoms with E-state index in [1.807, 2.05) is 6.08 Å². The lowest BCUT2D eigenvalue weighted by Crippen LogP contribution is -2.45. The van der Waals surface area contributed by atoms with E-state index in [-0.39, 0.29) is 18.5 Å². The Morgan fingerprint density at radius 1 is 0.318 bits per heavy atom. The molecule has 0 saturated carbocycles. The minimum absolute atomic E-state index is 0.0127. The van der Waals surface area contributed by atoms with Crippen molar-refractivity contribution in [2.75, 3.05) is 13.2 Å². The van der Waals surface area contributed by atoms with Gasteiger partial charge in [0.2, 0.25) is 5.91 Å². The van der Waals surface area contributed by atoms with Gasteiger partial charge in [-0.25, -0.2) is 0 Å². The van der Waals surface area contributed by atoms with Gasteiger partial charge in [0.05, 0.1) is 25.4 Å². The second kappa shape index (κ2) is 74.8. The standard InChI is InChI=1S/C79H153NO5/c1-3-5-7-9-11-13-15-16-17-18-19-39-42-45-48-52-55-59-63-67-71-77(82)76(75-81)80-78(83)72-68-64-60-56-53-49-46-43-40-37-35-33-31-29-27-25-23-21-20-22-24-26-28-30-32-34-36-38-41-44-47-50-54-58-62-66-70-74-85-79(84)73-69-65-61-57-51-14-12-10-8-6-4-2/h10,12,67,71,76-77,81-82H,3-9,11,13-66,68-70,72-75H2,1-2H3,(H,80,83)/b12-10-,71-67+. The van der Waals surface area contributed by atoms with Crippen LogP contribution in [-0.2, 0) is 14.3 Å². The fourth-order valence-electron chi connectivity index (χ4n) is 12.5. The highest BCUT2D eigenvalue weighted by molar-refractivity contribution is 5.76. The number of carbonyl (C=O) groups is 2. The van der Waals surface area contributed by atoms with E-state index in [2.05, 4.69) is 31.3 Å². The van der Waals surface area contributed by atoms with Crippen molar-refractivity contribution in [2.24, 2.45) is 0 Å². The molecule has 3 N–H and O–H groups in total. The summed E-state index contributed by atoms with van der Waals surface area (Å²) in [6.45, 7) is 4.91. The summed E-state index contributed by atoms with van der Waals surface area (Å²) in [5.74, 6) is -0.0450. The summed E-state index contributed by atoms with van der Waals surface area (Å²) in [5.41, 5.74) is 0. The fraction of sp³-hybridized carbons (Fsp3) is 0.924. The van der Waals surface area contributed by atoms with Crippen LogP contribution in [0.1, 0.15) is 444 Å². The Balaban J connectivity index is 3.32. The van der Waals surface area contributed by atoms with Crippen LogP contribution in [0.2, 0.25) is 0 Å². The molecule has 85 heavy (non-hydrogen) atoms. The van der Waals surface area contributed by atoms with E-state index in [4.69, 9.17) is 4.74 Å². The van der Waals surface area contributed by atoms with E-state index in [0.29, 0.717) is 19.4 Å². The van der Waals surface area contributed by atoms with Gasteiger partial charge in [-0.1, -0.05) is 404 Å². The van der Waals surface area contributed by atoms with E-state index >= 15 is 0 Å². The van der Waals surface area contributed by atoms with Crippen LogP contribution < -0.4 is 5.32 Å². The molecule has 0 aliphatic heterocycles. The molecule has 0 heterocycles. The number of esters is 1. The van der Waals surface area contributed by atoms with Crippen molar-refractivity contribution in [2.45, 2.75) is 456 Å². The molecular formula is C79H153NO5. The van der Waals surface area contributed by atoms with Crippen molar-refractivity contribution in [3.8, 4) is 0 Å². The molecule has 0 saturated heterocycles. The Morgan fingerprint density at radius 2 is 0.565 bits per heavy atom. The summed E-state index contributed by atoms with van der Waals surface area (Å²) in [6, 6.07) is -0.624. The van der Waals surface area contributed by atoms with Gasteiger partial charge in [0.1, 0.15) is 0 Å². The average Bonchev–Trinajstić information content (AvgIpc) is 3.54. The van der Waals surface area contributed by atoms with Crippen LogP contribution in [0, 0.1) is 0 Å². The molecule has 0 aromatic rings. The Hall–Kier alpha value is -1.66. The Morgan fingerprint density at radius 3 is 0.871 bits per heavy atom. The number of allylic oxidation sites excluding steroid dienone is 3. The van der Waals surface area contributed by atoms with Gasteiger partial charge in [-0.05, 0) is 51.4 Å². The number of carbonyl (C=O) groups excluding carboxylic acids is 2. The highest BCUT2D eigenvalue weighted by Crippen LogP contribution is 2.20. The highest BCUT2D eigenvalue weighted by atomic mass is 16.5. The van der Waals surface area contributed by atoms with Crippen molar-refractivity contribution >= 4 is 11.9 Å². The van der Waals surface area contributed by atoms with Crippen molar-refractivity contribution in [1.29, 1.82) is 0 Å². The van der Waals surface area contributed by atoms with E-state index in [9.17, 15) is 19.8 Å². The van der Waals surface area contributed by atoms with Crippen LogP contribution in [-0.4, -0.2) is 47.4 Å². The van der Waals surface area contributed by atoms with Crippen LogP contribution in [0.5, 0.6) is 0 Å². The number of unbranched alkanes of at least 4 members (excludes halogenated alkanes) is 61. The van der Waals surface area contributed by atoms with Gasteiger partial charge in [-0.2, -0.15) is 0 Å². The van der Waals surface area contributed by atoms with E-state index < -0.39 is 12.1 Å². The lowest BCUT2D eigenvalue weighted by atomic mass is 10.0. The molecule has 0 fully saturated rings. The van der Waals surface area contributed by atoms with Crippen LogP contribution >= 0.6 is 0 Å². The number of aliphatic hydroxyl groups excluding tert-OH is 2. The molecule has 6 nitrogen and oxygen atoms in total. The van der Waals surface area contributed by atoms with E-state index in [1.54, 1.807) is 6.08 Å². The molecular weight excluding hydrogens is 1040 g/mol. The first-order valence-corrected chi connectivity index (χ1v) is 39.1. The number of rotatable bonds is 74. The molecule has 0 rings (SSSR count). The average molecular weight is 1200 g/mol. The largest absolute Gasteiger partial charge is 0.466 e. The van der Waals surface area contributed by atoms with Crippen LogP contribution in [0.4, 0.5) is 0 Å². The SMILES string of the molecule is CCCC/C=C\CCCCCCCC(=O)OCCCCCCCCCCCCCCCCCCCCCCCCCCCCCCCCCCCCCCCC(=O)NC(CO)C(O)/C=C/CCCCCCCCCCCCCCCCCCCC. The number of amides is 1. The summed E-state index contributed by atoms with van der Waals surface area (Å²) in [7, 11) is 0. The maximum Gasteiger partial charge on any atom is 0.305 e. The quantitative estimate of drug-likeness (QED) is 0.0320. The van der Waals surface area contributed by atoms with Gasteiger partial charge in [0.15, 0.2) is 0 Å². The maximum atomic E-state index is 12.5. The third-order valence-corrected chi connectivity index (χ3v) is 18.5. The Labute approximate surface area is 532 Å². The first-order valence-electron chi connectivity index (χ1n) is 39.1. The Kier molecular flexibility index (Phi) is 73.3. The highest BCUT2D eigenvalue weighted by Gasteiger charge is 2.18. The summed E-state index contributed by atoms with van der Waals surface area (Å²) in [5, 5.41) is 23.3. The van der Waals surface area contributed by atoms with Crippen molar-refractivity contribution < 1.29 is 24.5 Å². The fourth-order valence-corrected chi connectivity index (χ4v) is 12.5. The number of aliphatic hydroxyl groups is 2. The predicted octanol–water partition coefficient (Wildman–Crippen LogP) is 25.7. The predicted molar refractivity (Wildman–Crippen MR) is 375 cm³/mol. The zero-order valence-corrected chi connectivity index (χ0v) is 57.9. The van der Waals surface area contributed by atoms with Gasteiger partial charge in [0, 0.05) is 12.8 Å². The molecule has 2 unspecified atom stereocenters. The third-order valence-electron chi connectivity index (χ3n) is 18.5. The van der Waals surface area contributed by atoms with Crippen molar-refractivity contribution in [3.05, 3.63) is 24.3 Å². The second-order valence-corrected chi connectivity index (χ2v) is 27.0. The normalized spacial score (nSPS) is 12.6. The number of hydrogen-bond acceptors (Lipinski definition) is 5. The second-order valence-electron chi connectivity index (χ2n) is 27.0. The minimum Gasteiger partial charge on any atom is -0.466 e. The molecule has 1 amide bonds. The molecule has 504 valence electrons. The molecule has 0 aromatic heterocycles. The summed E-state index contributed by atoms with van der Waals surface area (Å²) in [6.07, 6.45) is 96.0. The van der Waals surface area contributed by atoms with Crippen LogP contribution in [0.3, 0.4) is 0 Å². The van der Waals surface area contributed by atoms with Gasteiger partial charge >= 0.3 is 5.97 Å². The van der Waals surface area contributed by atoms with Crippen LogP contribution in [0.15, 0.2) is 24.3 Å². The zero-order chi connectivity index (χ0) is 61.3. The maximum absolute atomic E-state index is 12.5. The van der Waals surface area contributed by atoms with Crippen molar-refractivity contribution in [3.63, 3.8) is 0 Å². The molecule has 6 heteroatoms. The zero-order valence-electron chi connectivity index (χ0n) is 57.9. The lowest BCUT2D eigenvalue weighted by Gasteiger charge is -2.20. The molecule has 0 bridgehead atoms. The summed E-state index contributed by atoms with van der Waals surface area (Å²) >= 11 is 0. The number of hydrogen-bond donors (Lipinski definition) is 3. The van der Waals surface area contributed by atoms with Gasteiger partial charge in [-0.3, -0.25) is 9.59 Å². The van der Waals surface area contributed by atoms with Gasteiger partial charge < -0.3 is 20.3 Å². The summed E-state index contributed by atoms with van der Waals surface area (Å²) < 4.78 is 5.47. The monoisotopic (exact) mass is 1200 g/mol. The minimum atomic E-state index is -0.841. The van der Waals surface area contributed by atoms with E-state index in [0.717, 1.165) is 44.9 Å². The van der Waals surface area contributed by atoms with Gasteiger partial charge in [-0.15, -0.1) is 0 Å². The molecule has 0 spiro atoms. The van der Waals surface area contributed by atoms with Crippen molar-refractivity contribution in [1.82, 2.24) is 5.32 Å². The molecule has 0 radical (unpaired) electrons.